The molecule has 9 nitrogen and oxygen atoms in total. The van der Waals surface area contributed by atoms with Gasteiger partial charge < -0.3 is 9.47 Å². The van der Waals surface area contributed by atoms with Crippen molar-refractivity contribution in [1.29, 1.82) is 0 Å². The number of fused-ring (bicyclic) bond motifs is 1. The van der Waals surface area contributed by atoms with Gasteiger partial charge in [0.25, 0.3) is 10.0 Å². The van der Waals surface area contributed by atoms with Gasteiger partial charge in [-0.05, 0) is 47.8 Å². The fraction of sp³-hybridized carbons (Fsp3) is 0.0870. The van der Waals surface area contributed by atoms with Crippen molar-refractivity contribution in [3.05, 3.63) is 72.1 Å². The van der Waals surface area contributed by atoms with Gasteiger partial charge >= 0.3 is 0 Å². The molecule has 0 aliphatic carbocycles. The predicted octanol–water partition coefficient (Wildman–Crippen LogP) is 4.34. The predicted molar refractivity (Wildman–Crippen MR) is 130 cm³/mol. The highest BCUT2D eigenvalue weighted by atomic mass is 32.2. The molecule has 3 aromatic heterocycles. The Morgan fingerprint density at radius 1 is 0.912 bits per heavy atom. The molecule has 1 N–H and O–H groups in total. The van der Waals surface area contributed by atoms with Crippen molar-refractivity contribution >= 4 is 32.7 Å². The second-order valence-electron chi connectivity index (χ2n) is 7.19. The first kappa shape index (κ1) is 21.9. The number of sulfonamides is 1. The number of methoxy groups -OCH3 is 2. The van der Waals surface area contributed by atoms with Gasteiger partial charge in [0.1, 0.15) is 0 Å². The van der Waals surface area contributed by atoms with Crippen LogP contribution in [0.1, 0.15) is 0 Å². The molecule has 34 heavy (non-hydrogen) atoms. The summed E-state index contributed by atoms with van der Waals surface area (Å²) < 4.78 is 40.4. The number of rotatable bonds is 7. The Labute approximate surface area is 199 Å². The molecule has 0 spiro atoms. The number of ether oxygens (including phenoxy) is 2. The van der Waals surface area contributed by atoms with E-state index < -0.39 is 10.0 Å². The van der Waals surface area contributed by atoms with Crippen molar-refractivity contribution in [2.24, 2.45) is 0 Å². The van der Waals surface area contributed by atoms with Crippen molar-refractivity contribution in [2.45, 2.75) is 4.90 Å². The summed E-state index contributed by atoms with van der Waals surface area (Å²) in [6, 6.07) is 19.0. The number of hydrogen-bond donors (Lipinski definition) is 1. The number of nitrogens with zero attached hydrogens (tertiary/aromatic N) is 4. The van der Waals surface area contributed by atoms with Gasteiger partial charge in [-0.1, -0.05) is 18.2 Å². The monoisotopic (exact) mass is 493 g/mol. The molecule has 0 aliphatic rings. The van der Waals surface area contributed by atoms with Gasteiger partial charge in [-0.2, -0.15) is 9.61 Å². The van der Waals surface area contributed by atoms with Crippen LogP contribution in [0.2, 0.25) is 0 Å². The fourth-order valence-corrected chi connectivity index (χ4v) is 5.18. The van der Waals surface area contributed by atoms with Crippen LogP contribution < -0.4 is 14.2 Å². The molecule has 0 aliphatic heterocycles. The number of benzene rings is 2. The molecule has 2 aromatic carbocycles. The van der Waals surface area contributed by atoms with E-state index in [0.717, 1.165) is 10.4 Å². The lowest BCUT2D eigenvalue weighted by atomic mass is 10.1. The number of thiophene rings is 1. The molecule has 0 atom stereocenters. The van der Waals surface area contributed by atoms with E-state index in [1.165, 1.54) is 26.4 Å². The Balaban J connectivity index is 1.41. The van der Waals surface area contributed by atoms with E-state index >= 15 is 0 Å². The zero-order chi connectivity index (χ0) is 23.7. The van der Waals surface area contributed by atoms with Crippen LogP contribution in [0, 0.1) is 0 Å². The SMILES string of the molecule is COc1ccc(S(=O)(=O)Nc2ccc(-c3ccc4nnc(-c5cccs5)n4n3)cc2)cc1OC. The molecule has 0 fully saturated rings. The van der Waals surface area contributed by atoms with E-state index in [0.29, 0.717) is 34.4 Å². The molecular formula is C23H19N5O4S2. The minimum Gasteiger partial charge on any atom is -0.493 e. The second-order valence-corrected chi connectivity index (χ2v) is 9.82. The smallest absolute Gasteiger partial charge is 0.262 e. The van der Waals surface area contributed by atoms with E-state index in [1.807, 2.05) is 29.6 Å². The second kappa shape index (κ2) is 8.76. The van der Waals surface area contributed by atoms with Crippen LogP contribution in [-0.4, -0.2) is 42.4 Å². The quantitative estimate of drug-likeness (QED) is 0.359. The lowest BCUT2D eigenvalue weighted by molar-refractivity contribution is 0.354. The first-order valence-electron chi connectivity index (χ1n) is 10.1. The third kappa shape index (κ3) is 4.06. The molecule has 0 radical (unpaired) electrons. The van der Waals surface area contributed by atoms with Crippen LogP contribution in [0.25, 0.3) is 27.6 Å². The van der Waals surface area contributed by atoms with Gasteiger partial charge in [0.2, 0.25) is 0 Å². The average Bonchev–Trinajstić information content (AvgIpc) is 3.53. The molecule has 0 unspecified atom stereocenters. The van der Waals surface area contributed by atoms with Crippen LogP contribution in [0.3, 0.4) is 0 Å². The summed E-state index contributed by atoms with van der Waals surface area (Å²) in [5.41, 5.74) is 2.59. The molecule has 0 saturated carbocycles. The van der Waals surface area contributed by atoms with Crippen molar-refractivity contribution in [1.82, 2.24) is 19.8 Å². The van der Waals surface area contributed by atoms with Crippen molar-refractivity contribution < 1.29 is 17.9 Å². The summed E-state index contributed by atoms with van der Waals surface area (Å²) in [7, 11) is -0.877. The molecule has 172 valence electrons. The molecule has 11 heteroatoms. The summed E-state index contributed by atoms with van der Waals surface area (Å²) in [5.74, 6) is 1.45. The molecular weight excluding hydrogens is 474 g/mol. The highest BCUT2D eigenvalue weighted by molar-refractivity contribution is 7.92. The maximum Gasteiger partial charge on any atom is 0.262 e. The fourth-order valence-electron chi connectivity index (χ4n) is 3.41. The van der Waals surface area contributed by atoms with Crippen molar-refractivity contribution in [3.8, 4) is 33.5 Å². The van der Waals surface area contributed by atoms with Gasteiger partial charge in [-0.15, -0.1) is 21.5 Å². The van der Waals surface area contributed by atoms with Gasteiger partial charge in [-0.25, -0.2) is 8.42 Å². The van der Waals surface area contributed by atoms with Crippen molar-refractivity contribution in [3.63, 3.8) is 0 Å². The molecule has 0 amide bonds. The van der Waals surface area contributed by atoms with Crippen LogP contribution in [0.5, 0.6) is 11.5 Å². The maximum absolute atomic E-state index is 12.9. The van der Waals surface area contributed by atoms with E-state index in [9.17, 15) is 8.42 Å². The van der Waals surface area contributed by atoms with E-state index in [1.54, 1.807) is 46.2 Å². The third-order valence-corrected chi connectivity index (χ3v) is 7.35. The first-order valence-corrected chi connectivity index (χ1v) is 12.5. The Bertz CT molecular complexity index is 1560. The summed E-state index contributed by atoms with van der Waals surface area (Å²) in [6.45, 7) is 0. The van der Waals surface area contributed by atoms with Gasteiger partial charge in [0.15, 0.2) is 23.0 Å². The Kier molecular flexibility index (Phi) is 5.64. The minimum atomic E-state index is -3.82. The standard InChI is InChI=1S/C23H19N5O4S2/c1-31-19-11-9-17(14-20(19)32-2)34(29,30)27-16-7-5-15(6-8-16)18-10-12-22-24-25-23(28(22)26-18)21-4-3-13-33-21/h3-14,27H,1-2H3. The molecule has 3 heterocycles. The normalized spacial score (nSPS) is 11.5. The van der Waals surface area contributed by atoms with Crippen LogP contribution in [0.15, 0.2) is 77.0 Å². The highest BCUT2D eigenvalue weighted by Gasteiger charge is 2.18. The summed E-state index contributed by atoms with van der Waals surface area (Å²) in [6.07, 6.45) is 0. The Hall–Kier alpha value is -3.96. The van der Waals surface area contributed by atoms with E-state index in [2.05, 4.69) is 20.0 Å². The summed E-state index contributed by atoms with van der Waals surface area (Å²) in [5, 5.41) is 15.1. The van der Waals surface area contributed by atoms with E-state index in [-0.39, 0.29) is 4.90 Å². The summed E-state index contributed by atoms with van der Waals surface area (Å²) in [4.78, 5) is 1.03. The lowest BCUT2D eigenvalue weighted by Gasteiger charge is -2.12. The van der Waals surface area contributed by atoms with Gasteiger partial charge in [-0.3, -0.25) is 4.72 Å². The lowest BCUT2D eigenvalue weighted by Crippen LogP contribution is -2.13. The zero-order valence-corrected chi connectivity index (χ0v) is 19.8. The summed E-state index contributed by atoms with van der Waals surface area (Å²) >= 11 is 1.56. The Morgan fingerprint density at radius 2 is 1.71 bits per heavy atom. The minimum absolute atomic E-state index is 0.0649. The largest absolute Gasteiger partial charge is 0.493 e. The van der Waals surface area contributed by atoms with Crippen LogP contribution in [0.4, 0.5) is 5.69 Å². The zero-order valence-electron chi connectivity index (χ0n) is 18.2. The maximum atomic E-state index is 12.9. The number of nitrogens with one attached hydrogen (secondary N) is 1. The Morgan fingerprint density at radius 3 is 2.41 bits per heavy atom. The molecule has 5 aromatic rings. The average molecular weight is 494 g/mol. The van der Waals surface area contributed by atoms with Gasteiger partial charge in [0, 0.05) is 17.3 Å². The molecule has 0 saturated heterocycles. The van der Waals surface area contributed by atoms with Crippen LogP contribution in [-0.2, 0) is 10.0 Å². The van der Waals surface area contributed by atoms with E-state index in [4.69, 9.17) is 9.47 Å². The number of aromatic nitrogens is 4. The highest BCUT2D eigenvalue weighted by Crippen LogP contribution is 2.30. The number of anilines is 1. The molecule has 0 bridgehead atoms. The topological polar surface area (TPSA) is 108 Å². The molecule has 5 rings (SSSR count). The first-order chi connectivity index (χ1) is 16.5. The van der Waals surface area contributed by atoms with Crippen molar-refractivity contribution in [2.75, 3.05) is 18.9 Å². The van der Waals surface area contributed by atoms with Crippen LogP contribution >= 0.6 is 11.3 Å². The van der Waals surface area contributed by atoms with Gasteiger partial charge in [0.05, 0.1) is 29.7 Å². The number of hydrogen-bond acceptors (Lipinski definition) is 8. The third-order valence-electron chi connectivity index (χ3n) is 5.10.